The predicted molar refractivity (Wildman–Crippen MR) is 141 cm³/mol. The van der Waals surface area contributed by atoms with Crippen LogP contribution in [0.5, 0.6) is 0 Å². The van der Waals surface area contributed by atoms with Crippen LogP contribution in [0.15, 0.2) is 72.8 Å². The third-order valence-electron chi connectivity index (χ3n) is 4.95. The van der Waals surface area contributed by atoms with E-state index in [2.05, 4.69) is 21.3 Å². The van der Waals surface area contributed by atoms with Crippen LogP contribution in [-0.4, -0.2) is 28.8 Å². The first kappa shape index (κ1) is 24.9. The zero-order valence-corrected chi connectivity index (χ0v) is 20.2. The van der Waals surface area contributed by atoms with Crippen LogP contribution in [0.4, 0.5) is 27.5 Å². The van der Waals surface area contributed by atoms with E-state index < -0.39 is 5.25 Å². The van der Waals surface area contributed by atoms with Crippen LogP contribution in [0, 0.1) is 13.8 Å². The number of hydrogen-bond acceptors (Lipinski definition) is 4. The van der Waals surface area contributed by atoms with Gasteiger partial charge in [-0.2, -0.15) is 0 Å². The summed E-state index contributed by atoms with van der Waals surface area (Å²) in [5.74, 6) is -0.231. The molecule has 34 heavy (non-hydrogen) atoms. The summed E-state index contributed by atoms with van der Waals surface area (Å²) in [7, 11) is 0. The molecule has 8 heteroatoms. The van der Waals surface area contributed by atoms with E-state index in [9.17, 15) is 14.4 Å². The van der Waals surface area contributed by atoms with Crippen molar-refractivity contribution < 1.29 is 14.4 Å². The van der Waals surface area contributed by atoms with E-state index in [1.165, 1.54) is 11.8 Å². The molecule has 0 saturated heterocycles. The number of anilines is 4. The number of para-hydroxylation sites is 1. The van der Waals surface area contributed by atoms with Crippen molar-refractivity contribution >= 4 is 52.4 Å². The van der Waals surface area contributed by atoms with Crippen molar-refractivity contribution in [3.63, 3.8) is 0 Å². The van der Waals surface area contributed by atoms with Gasteiger partial charge in [-0.05, 0) is 62.7 Å². The number of hydrogen-bond donors (Lipinski definition) is 4. The number of nitrogens with one attached hydrogen (secondary N) is 4. The molecule has 1 atom stereocenters. The lowest BCUT2D eigenvalue weighted by Crippen LogP contribution is -2.25. The summed E-state index contributed by atoms with van der Waals surface area (Å²) in [5.41, 5.74) is 4.52. The Labute approximate surface area is 203 Å². The lowest BCUT2D eigenvalue weighted by molar-refractivity contribution is -0.115. The number of carbonyl (C=O) groups is 3. The number of urea groups is 1. The Morgan fingerprint density at radius 2 is 1.38 bits per heavy atom. The van der Waals surface area contributed by atoms with Crippen molar-refractivity contribution in [2.45, 2.75) is 26.0 Å². The molecule has 4 N–H and O–H groups in total. The first-order chi connectivity index (χ1) is 16.3. The lowest BCUT2D eigenvalue weighted by Gasteiger charge is -2.15. The van der Waals surface area contributed by atoms with Crippen LogP contribution in [0.3, 0.4) is 0 Å². The molecule has 0 fully saturated rings. The fourth-order valence-corrected chi connectivity index (χ4v) is 3.68. The Bertz CT molecular complexity index is 1150. The van der Waals surface area contributed by atoms with Gasteiger partial charge in [-0.1, -0.05) is 42.0 Å². The molecule has 0 radical (unpaired) electrons. The molecule has 0 spiro atoms. The van der Waals surface area contributed by atoms with Crippen LogP contribution in [0.25, 0.3) is 0 Å². The van der Waals surface area contributed by atoms with E-state index in [1.807, 2.05) is 62.4 Å². The Kier molecular flexibility index (Phi) is 8.70. The fraction of sp³-hybridized carbons (Fsp3) is 0.192. The average molecular weight is 477 g/mol. The second-order valence-corrected chi connectivity index (χ2v) is 9.16. The van der Waals surface area contributed by atoms with Gasteiger partial charge in [0.05, 0.1) is 11.0 Å². The number of benzene rings is 3. The summed E-state index contributed by atoms with van der Waals surface area (Å²) in [4.78, 5) is 37.1. The van der Waals surface area contributed by atoms with Gasteiger partial charge in [0.2, 0.25) is 11.8 Å². The minimum absolute atomic E-state index is 0.155. The molecule has 176 valence electrons. The van der Waals surface area contributed by atoms with E-state index in [1.54, 1.807) is 31.2 Å². The van der Waals surface area contributed by atoms with Gasteiger partial charge in [0.25, 0.3) is 0 Å². The summed E-state index contributed by atoms with van der Waals surface area (Å²) < 4.78 is 0. The molecule has 0 bridgehead atoms. The number of amides is 4. The number of aryl methyl sites for hydroxylation is 2. The highest BCUT2D eigenvalue weighted by Gasteiger charge is 2.17. The molecule has 0 saturated carbocycles. The quantitative estimate of drug-likeness (QED) is 0.338. The molecule has 0 aromatic heterocycles. The molecule has 1 unspecified atom stereocenters. The van der Waals surface area contributed by atoms with Crippen molar-refractivity contribution in [1.29, 1.82) is 0 Å². The predicted octanol–water partition coefficient (Wildman–Crippen LogP) is 5.65. The molecular formula is C26H28N4O3S. The van der Waals surface area contributed by atoms with Crippen molar-refractivity contribution in [2.24, 2.45) is 0 Å². The SMILES string of the molecule is Cc1ccc(NC(=O)CSC(C)C(=O)Nc2cc(NC(=O)Nc3ccccc3)ccc2C)cc1. The minimum atomic E-state index is -0.443. The van der Waals surface area contributed by atoms with Gasteiger partial charge in [0.15, 0.2) is 0 Å². The minimum Gasteiger partial charge on any atom is -0.325 e. The Morgan fingerprint density at radius 1 is 0.765 bits per heavy atom. The van der Waals surface area contributed by atoms with Crippen molar-refractivity contribution in [2.75, 3.05) is 27.0 Å². The largest absolute Gasteiger partial charge is 0.325 e. The zero-order chi connectivity index (χ0) is 24.5. The summed E-state index contributed by atoms with van der Waals surface area (Å²) in [6.07, 6.45) is 0. The average Bonchev–Trinajstić information content (AvgIpc) is 2.81. The van der Waals surface area contributed by atoms with Crippen LogP contribution >= 0.6 is 11.8 Å². The highest BCUT2D eigenvalue weighted by atomic mass is 32.2. The number of rotatable bonds is 8. The van der Waals surface area contributed by atoms with Crippen LogP contribution in [0.1, 0.15) is 18.1 Å². The smallest absolute Gasteiger partial charge is 0.323 e. The molecule has 3 aromatic carbocycles. The molecule has 0 aliphatic heterocycles. The summed E-state index contributed by atoms with van der Waals surface area (Å²) in [5, 5.41) is 10.8. The van der Waals surface area contributed by atoms with E-state index in [-0.39, 0.29) is 23.6 Å². The molecule has 3 aromatic rings. The zero-order valence-electron chi connectivity index (χ0n) is 19.3. The molecular weight excluding hydrogens is 448 g/mol. The van der Waals surface area contributed by atoms with Crippen LogP contribution in [0.2, 0.25) is 0 Å². The van der Waals surface area contributed by atoms with E-state index in [0.29, 0.717) is 17.1 Å². The van der Waals surface area contributed by atoms with Crippen molar-refractivity contribution in [3.8, 4) is 0 Å². The molecule has 7 nitrogen and oxygen atoms in total. The van der Waals surface area contributed by atoms with Crippen molar-refractivity contribution in [1.82, 2.24) is 0 Å². The van der Waals surface area contributed by atoms with Gasteiger partial charge in [0.1, 0.15) is 0 Å². The summed E-state index contributed by atoms with van der Waals surface area (Å²) in [6, 6.07) is 21.6. The molecule has 0 aliphatic rings. The monoisotopic (exact) mass is 476 g/mol. The molecule has 4 amide bonds. The first-order valence-corrected chi connectivity index (χ1v) is 11.9. The number of carbonyl (C=O) groups excluding carboxylic acids is 3. The highest BCUT2D eigenvalue weighted by molar-refractivity contribution is 8.01. The molecule has 0 aliphatic carbocycles. The maximum Gasteiger partial charge on any atom is 0.323 e. The molecule has 3 rings (SSSR count). The van der Waals surface area contributed by atoms with Gasteiger partial charge in [-0.3, -0.25) is 9.59 Å². The second-order valence-electron chi connectivity index (χ2n) is 7.83. The number of thioether (sulfide) groups is 1. The fourth-order valence-electron chi connectivity index (χ4n) is 2.99. The van der Waals surface area contributed by atoms with Crippen molar-refractivity contribution in [3.05, 3.63) is 83.9 Å². The van der Waals surface area contributed by atoms with Gasteiger partial charge < -0.3 is 21.3 Å². The maximum atomic E-state index is 12.7. The van der Waals surface area contributed by atoms with Crippen LogP contribution in [-0.2, 0) is 9.59 Å². The van der Waals surface area contributed by atoms with E-state index in [0.717, 1.165) is 16.8 Å². The Morgan fingerprint density at radius 3 is 2.09 bits per heavy atom. The standard InChI is InChI=1S/C26H28N4O3S/c1-17-9-12-21(13-10-17)27-24(31)16-34-19(3)25(32)30-23-15-22(14-11-18(23)2)29-26(33)28-20-7-5-4-6-8-20/h4-15,19H,16H2,1-3H3,(H,27,31)(H,30,32)(H2,28,29,33). The Hall–Kier alpha value is -3.78. The Balaban J connectivity index is 1.51. The van der Waals surface area contributed by atoms with E-state index in [4.69, 9.17) is 0 Å². The first-order valence-electron chi connectivity index (χ1n) is 10.8. The highest BCUT2D eigenvalue weighted by Crippen LogP contribution is 2.22. The topological polar surface area (TPSA) is 99.3 Å². The van der Waals surface area contributed by atoms with Gasteiger partial charge in [0, 0.05) is 22.7 Å². The summed E-state index contributed by atoms with van der Waals surface area (Å²) >= 11 is 1.25. The van der Waals surface area contributed by atoms with Crippen LogP contribution < -0.4 is 21.3 Å². The van der Waals surface area contributed by atoms with Gasteiger partial charge in [-0.15, -0.1) is 11.8 Å². The summed E-state index contributed by atoms with van der Waals surface area (Å²) in [6.45, 7) is 5.61. The van der Waals surface area contributed by atoms with E-state index >= 15 is 0 Å². The lowest BCUT2D eigenvalue weighted by atomic mass is 10.1. The molecule has 0 heterocycles. The normalized spacial score (nSPS) is 11.3. The second kappa shape index (κ2) is 11.9. The van der Waals surface area contributed by atoms with Gasteiger partial charge >= 0.3 is 6.03 Å². The van der Waals surface area contributed by atoms with Gasteiger partial charge in [-0.25, -0.2) is 4.79 Å². The third kappa shape index (κ3) is 7.67. The third-order valence-corrected chi connectivity index (χ3v) is 6.10. The maximum absolute atomic E-state index is 12.7.